The van der Waals surface area contributed by atoms with E-state index >= 15 is 0 Å². The van der Waals surface area contributed by atoms with Gasteiger partial charge in [-0.05, 0) is 31.2 Å². The molecule has 0 radical (unpaired) electrons. The van der Waals surface area contributed by atoms with Crippen LogP contribution in [-0.2, 0) is 5.88 Å². The van der Waals surface area contributed by atoms with Crippen LogP contribution in [0.3, 0.4) is 0 Å². The SMILES string of the molecule is Cc1sc(CCl)nc1-c1ccc(F)cc1. The Labute approximate surface area is 96.5 Å². The highest BCUT2D eigenvalue weighted by atomic mass is 35.5. The molecule has 78 valence electrons. The van der Waals surface area contributed by atoms with Crippen molar-refractivity contribution in [1.82, 2.24) is 4.98 Å². The van der Waals surface area contributed by atoms with Gasteiger partial charge in [-0.25, -0.2) is 9.37 Å². The lowest BCUT2D eigenvalue weighted by atomic mass is 10.1. The summed E-state index contributed by atoms with van der Waals surface area (Å²) in [7, 11) is 0. The number of hydrogen-bond acceptors (Lipinski definition) is 2. The maximum atomic E-state index is 12.7. The molecule has 0 saturated carbocycles. The number of alkyl halides is 1. The minimum atomic E-state index is -0.232. The zero-order chi connectivity index (χ0) is 10.8. The Kier molecular flexibility index (Phi) is 3.03. The van der Waals surface area contributed by atoms with E-state index in [1.807, 2.05) is 6.92 Å². The van der Waals surface area contributed by atoms with Crippen LogP contribution in [0.4, 0.5) is 4.39 Å². The lowest BCUT2D eigenvalue weighted by Crippen LogP contribution is -1.82. The molecular weight excluding hydrogens is 233 g/mol. The number of benzene rings is 1. The third kappa shape index (κ3) is 2.19. The Morgan fingerprint density at radius 2 is 2.00 bits per heavy atom. The number of aromatic nitrogens is 1. The molecule has 0 atom stereocenters. The third-order valence-corrected chi connectivity index (χ3v) is 3.46. The number of hydrogen-bond donors (Lipinski definition) is 0. The summed E-state index contributed by atoms with van der Waals surface area (Å²) in [5.41, 5.74) is 1.83. The van der Waals surface area contributed by atoms with E-state index in [0.717, 1.165) is 21.1 Å². The molecule has 0 aliphatic heterocycles. The fourth-order valence-electron chi connectivity index (χ4n) is 1.38. The highest BCUT2D eigenvalue weighted by Crippen LogP contribution is 2.28. The fraction of sp³-hybridized carbons (Fsp3) is 0.182. The van der Waals surface area contributed by atoms with E-state index in [0.29, 0.717) is 5.88 Å². The van der Waals surface area contributed by atoms with E-state index in [1.165, 1.54) is 12.1 Å². The molecule has 0 spiro atoms. The minimum absolute atomic E-state index is 0.232. The smallest absolute Gasteiger partial charge is 0.123 e. The summed E-state index contributed by atoms with van der Waals surface area (Å²) in [4.78, 5) is 5.50. The highest BCUT2D eigenvalue weighted by Gasteiger charge is 2.08. The summed E-state index contributed by atoms with van der Waals surface area (Å²) >= 11 is 7.29. The summed E-state index contributed by atoms with van der Waals surface area (Å²) in [6.07, 6.45) is 0. The molecule has 2 rings (SSSR count). The number of aryl methyl sites for hydroxylation is 1. The summed E-state index contributed by atoms with van der Waals surface area (Å²) in [6.45, 7) is 1.99. The lowest BCUT2D eigenvalue weighted by Gasteiger charge is -1.97. The first-order valence-corrected chi connectivity index (χ1v) is 5.84. The Morgan fingerprint density at radius 1 is 1.33 bits per heavy atom. The van der Waals surface area contributed by atoms with Crippen LogP contribution in [0.5, 0.6) is 0 Å². The molecule has 0 bridgehead atoms. The Balaban J connectivity index is 2.44. The molecule has 0 aliphatic carbocycles. The first-order chi connectivity index (χ1) is 7.20. The number of nitrogens with zero attached hydrogens (tertiary/aromatic N) is 1. The zero-order valence-corrected chi connectivity index (χ0v) is 9.70. The first kappa shape index (κ1) is 10.6. The van der Waals surface area contributed by atoms with Gasteiger partial charge in [0.1, 0.15) is 10.8 Å². The van der Waals surface area contributed by atoms with Gasteiger partial charge in [-0.2, -0.15) is 0 Å². The van der Waals surface area contributed by atoms with Gasteiger partial charge in [-0.1, -0.05) is 0 Å². The second kappa shape index (κ2) is 4.29. The van der Waals surface area contributed by atoms with Crippen LogP contribution in [0.25, 0.3) is 11.3 Å². The van der Waals surface area contributed by atoms with E-state index in [2.05, 4.69) is 4.98 Å². The summed E-state index contributed by atoms with van der Waals surface area (Å²) in [5.74, 6) is 0.191. The van der Waals surface area contributed by atoms with E-state index in [4.69, 9.17) is 11.6 Å². The van der Waals surface area contributed by atoms with Crippen molar-refractivity contribution in [2.75, 3.05) is 0 Å². The second-order valence-corrected chi connectivity index (χ2v) is 4.71. The summed E-state index contributed by atoms with van der Waals surface area (Å²) < 4.78 is 12.7. The normalized spacial score (nSPS) is 10.6. The third-order valence-electron chi connectivity index (χ3n) is 2.07. The predicted molar refractivity (Wildman–Crippen MR) is 61.8 cm³/mol. The Hall–Kier alpha value is -0.930. The molecule has 2 aromatic rings. The van der Waals surface area contributed by atoms with Crippen LogP contribution < -0.4 is 0 Å². The van der Waals surface area contributed by atoms with Crippen LogP contribution in [0, 0.1) is 12.7 Å². The maximum Gasteiger partial charge on any atom is 0.123 e. The van der Waals surface area contributed by atoms with Crippen molar-refractivity contribution < 1.29 is 4.39 Å². The number of rotatable bonds is 2. The molecule has 4 heteroatoms. The monoisotopic (exact) mass is 241 g/mol. The van der Waals surface area contributed by atoms with Crippen molar-refractivity contribution >= 4 is 22.9 Å². The second-order valence-electron chi connectivity index (χ2n) is 3.15. The van der Waals surface area contributed by atoms with Gasteiger partial charge in [0.15, 0.2) is 0 Å². The Bertz CT molecular complexity index is 464. The highest BCUT2D eigenvalue weighted by molar-refractivity contribution is 7.12. The van der Waals surface area contributed by atoms with Crippen molar-refractivity contribution in [2.45, 2.75) is 12.8 Å². The van der Waals surface area contributed by atoms with Gasteiger partial charge >= 0.3 is 0 Å². The van der Waals surface area contributed by atoms with Crippen molar-refractivity contribution in [3.8, 4) is 11.3 Å². The molecule has 0 N–H and O–H groups in total. The molecular formula is C11H9ClFNS. The van der Waals surface area contributed by atoms with E-state index < -0.39 is 0 Å². The topological polar surface area (TPSA) is 12.9 Å². The van der Waals surface area contributed by atoms with Gasteiger partial charge in [-0.3, -0.25) is 0 Å². The first-order valence-electron chi connectivity index (χ1n) is 4.49. The molecule has 1 heterocycles. The van der Waals surface area contributed by atoms with Crippen molar-refractivity contribution in [3.05, 3.63) is 40.0 Å². The lowest BCUT2D eigenvalue weighted by molar-refractivity contribution is 0.628. The minimum Gasteiger partial charge on any atom is -0.240 e. The van der Waals surface area contributed by atoms with Crippen LogP contribution in [0.1, 0.15) is 9.88 Å². The van der Waals surface area contributed by atoms with Crippen LogP contribution in [0.15, 0.2) is 24.3 Å². The molecule has 0 aliphatic rings. The van der Waals surface area contributed by atoms with Gasteiger partial charge in [-0.15, -0.1) is 22.9 Å². The molecule has 0 saturated heterocycles. The van der Waals surface area contributed by atoms with Crippen molar-refractivity contribution in [1.29, 1.82) is 0 Å². The summed E-state index contributed by atoms with van der Waals surface area (Å²) in [5, 5.41) is 0.897. The molecule has 0 amide bonds. The molecule has 0 unspecified atom stereocenters. The van der Waals surface area contributed by atoms with Crippen LogP contribution in [-0.4, -0.2) is 4.98 Å². The van der Waals surface area contributed by atoms with Crippen molar-refractivity contribution in [2.24, 2.45) is 0 Å². The van der Waals surface area contributed by atoms with Crippen LogP contribution in [0.2, 0.25) is 0 Å². The van der Waals surface area contributed by atoms with E-state index in [1.54, 1.807) is 23.5 Å². The standard InChI is InChI=1S/C11H9ClFNS/c1-7-11(14-10(6-12)15-7)8-2-4-9(13)5-3-8/h2-5H,6H2,1H3. The largest absolute Gasteiger partial charge is 0.240 e. The van der Waals surface area contributed by atoms with Gasteiger partial charge in [0.25, 0.3) is 0 Å². The van der Waals surface area contributed by atoms with Gasteiger partial charge in [0.2, 0.25) is 0 Å². The van der Waals surface area contributed by atoms with Crippen molar-refractivity contribution in [3.63, 3.8) is 0 Å². The zero-order valence-electron chi connectivity index (χ0n) is 8.13. The van der Waals surface area contributed by atoms with Gasteiger partial charge in [0.05, 0.1) is 11.6 Å². The van der Waals surface area contributed by atoms with Gasteiger partial charge < -0.3 is 0 Å². The maximum absolute atomic E-state index is 12.7. The average Bonchev–Trinajstić information content (AvgIpc) is 2.61. The molecule has 1 aromatic heterocycles. The van der Waals surface area contributed by atoms with Gasteiger partial charge in [0, 0.05) is 10.4 Å². The van der Waals surface area contributed by atoms with Crippen LogP contribution >= 0.6 is 22.9 Å². The number of halogens is 2. The molecule has 1 nitrogen and oxygen atoms in total. The summed E-state index contributed by atoms with van der Waals surface area (Å²) in [6, 6.07) is 6.34. The van der Waals surface area contributed by atoms with E-state index in [-0.39, 0.29) is 5.82 Å². The van der Waals surface area contributed by atoms with E-state index in [9.17, 15) is 4.39 Å². The predicted octanol–water partition coefficient (Wildman–Crippen LogP) is 4.00. The molecule has 15 heavy (non-hydrogen) atoms. The Morgan fingerprint density at radius 3 is 2.53 bits per heavy atom. The fourth-order valence-corrected chi connectivity index (χ4v) is 2.41. The quantitative estimate of drug-likeness (QED) is 0.725. The average molecular weight is 242 g/mol. The molecule has 1 aromatic carbocycles. The number of thiazole rings is 1. The molecule has 0 fully saturated rings.